The zero-order valence-electron chi connectivity index (χ0n) is 7.84. The van der Waals surface area contributed by atoms with Crippen LogP contribution in [0.1, 0.15) is 13.3 Å². The van der Waals surface area contributed by atoms with Crippen LogP contribution in [0.2, 0.25) is 0 Å². The lowest BCUT2D eigenvalue weighted by Gasteiger charge is -2.14. The maximum absolute atomic E-state index is 5.12. The summed E-state index contributed by atoms with van der Waals surface area (Å²) in [4.78, 5) is 2.49. The van der Waals surface area contributed by atoms with E-state index in [2.05, 4.69) is 23.1 Å². The Balaban J connectivity index is 1.97. The fourth-order valence-corrected chi connectivity index (χ4v) is 1.63. The minimum atomic E-state index is 0.698. The lowest BCUT2D eigenvalue weighted by atomic mass is 10.2. The van der Waals surface area contributed by atoms with Crippen LogP contribution in [0.5, 0.6) is 0 Å². The number of terminal acetylenes is 1. The third kappa shape index (κ3) is 3.25. The Morgan fingerprint density at radius 3 is 3.08 bits per heavy atom. The molecular formula is C10H18N2. The second-order valence-corrected chi connectivity index (χ2v) is 3.58. The predicted octanol–water partition coefficient (Wildman–Crippen LogP) is 0.551. The van der Waals surface area contributed by atoms with E-state index < -0.39 is 0 Å². The minimum absolute atomic E-state index is 0.698. The van der Waals surface area contributed by atoms with E-state index in [-0.39, 0.29) is 0 Å². The Hall–Kier alpha value is -0.520. The molecular weight excluding hydrogens is 148 g/mol. The highest BCUT2D eigenvalue weighted by Gasteiger charge is 2.17. The van der Waals surface area contributed by atoms with Crippen molar-refractivity contribution in [3.63, 3.8) is 0 Å². The maximum atomic E-state index is 5.12. The molecule has 1 aliphatic rings. The molecule has 1 N–H and O–H groups in total. The van der Waals surface area contributed by atoms with Crippen molar-refractivity contribution in [2.75, 3.05) is 32.7 Å². The second kappa shape index (κ2) is 5.18. The molecule has 0 radical (unpaired) electrons. The van der Waals surface area contributed by atoms with Crippen LogP contribution in [0, 0.1) is 18.3 Å². The fraction of sp³-hybridized carbons (Fsp3) is 0.800. The lowest BCUT2D eigenvalue weighted by Crippen LogP contribution is -2.30. The molecule has 1 rings (SSSR count). The summed E-state index contributed by atoms with van der Waals surface area (Å²) in [6, 6.07) is 0. The number of hydrogen-bond acceptors (Lipinski definition) is 2. The van der Waals surface area contributed by atoms with Crippen molar-refractivity contribution in [3.8, 4) is 12.3 Å². The van der Waals surface area contributed by atoms with E-state index in [9.17, 15) is 0 Å². The molecule has 1 heterocycles. The summed E-state index contributed by atoms with van der Waals surface area (Å²) in [5.41, 5.74) is 0. The molecule has 0 aromatic carbocycles. The molecule has 1 unspecified atom stereocenters. The van der Waals surface area contributed by atoms with Crippen LogP contribution in [0.4, 0.5) is 0 Å². The van der Waals surface area contributed by atoms with E-state index in [4.69, 9.17) is 6.42 Å². The van der Waals surface area contributed by atoms with Gasteiger partial charge in [0.2, 0.25) is 0 Å². The molecule has 12 heavy (non-hydrogen) atoms. The van der Waals surface area contributed by atoms with Crippen molar-refractivity contribution in [1.82, 2.24) is 10.2 Å². The van der Waals surface area contributed by atoms with E-state index in [1.54, 1.807) is 0 Å². The van der Waals surface area contributed by atoms with Crippen molar-refractivity contribution in [2.45, 2.75) is 13.3 Å². The van der Waals surface area contributed by atoms with E-state index in [1.807, 2.05) is 0 Å². The highest BCUT2D eigenvalue weighted by molar-refractivity contribution is 4.86. The van der Waals surface area contributed by atoms with Crippen molar-refractivity contribution < 1.29 is 0 Å². The Labute approximate surface area is 75.3 Å². The van der Waals surface area contributed by atoms with E-state index in [0.29, 0.717) is 6.54 Å². The molecule has 0 spiro atoms. The van der Waals surface area contributed by atoms with Gasteiger partial charge in [0.25, 0.3) is 0 Å². The van der Waals surface area contributed by atoms with Gasteiger partial charge >= 0.3 is 0 Å². The number of hydrogen-bond donors (Lipinski definition) is 1. The highest BCUT2D eigenvalue weighted by atomic mass is 15.2. The van der Waals surface area contributed by atoms with Crippen LogP contribution < -0.4 is 5.32 Å². The van der Waals surface area contributed by atoms with Gasteiger partial charge in [0.1, 0.15) is 0 Å². The second-order valence-electron chi connectivity index (χ2n) is 3.58. The van der Waals surface area contributed by atoms with Gasteiger partial charge < -0.3 is 10.2 Å². The van der Waals surface area contributed by atoms with Crippen LogP contribution >= 0.6 is 0 Å². The van der Waals surface area contributed by atoms with Gasteiger partial charge in [0.05, 0.1) is 6.54 Å². The van der Waals surface area contributed by atoms with Gasteiger partial charge in [-0.05, 0) is 18.9 Å². The van der Waals surface area contributed by atoms with E-state index in [1.165, 1.54) is 19.5 Å². The largest absolute Gasteiger partial charge is 0.305 e. The first kappa shape index (κ1) is 9.57. The quantitative estimate of drug-likeness (QED) is 0.485. The van der Waals surface area contributed by atoms with Gasteiger partial charge in [-0.3, -0.25) is 0 Å². The first-order valence-corrected chi connectivity index (χ1v) is 4.69. The van der Waals surface area contributed by atoms with Gasteiger partial charge in [0, 0.05) is 19.6 Å². The molecule has 0 amide bonds. The van der Waals surface area contributed by atoms with Crippen LogP contribution in [0.25, 0.3) is 0 Å². The molecule has 1 aliphatic heterocycles. The van der Waals surface area contributed by atoms with Crippen molar-refractivity contribution >= 4 is 0 Å². The van der Waals surface area contributed by atoms with Gasteiger partial charge in [-0.2, -0.15) is 0 Å². The Morgan fingerprint density at radius 2 is 2.50 bits per heavy atom. The molecule has 1 atom stereocenters. The monoisotopic (exact) mass is 166 g/mol. The van der Waals surface area contributed by atoms with Crippen molar-refractivity contribution in [2.24, 2.45) is 5.92 Å². The Kier molecular flexibility index (Phi) is 4.13. The summed E-state index contributed by atoms with van der Waals surface area (Å²) in [5, 5.41) is 3.20. The van der Waals surface area contributed by atoms with E-state index in [0.717, 1.165) is 19.0 Å². The Bertz CT molecular complexity index is 160. The predicted molar refractivity (Wildman–Crippen MR) is 51.9 cm³/mol. The SMILES string of the molecule is C#CCNCCN1CCC(C)C1. The van der Waals surface area contributed by atoms with Crippen molar-refractivity contribution in [1.29, 1.82) is 0 Å². The van der Waals surface area contributed by atoms with Gasteiger partial charge in [-0.15, -0.1) is 6.42 Å². The van der Waals surface area contributed by atoms with E-state index >= 15 is 0 Å². The molecule has 0 bridgehead atoms. The maximum Gasteiger partial charge on any atom is 0.0574 e. The minimum Gasteiger partial charge on any atom is -0.305 e. The van der Waals surface area contributed by atoms with Gasteiger partial charge in [-0.1, -0.05) is 12.8 Å². The van der Waals surface area contributed by atoms with Crippen LogP contribution in [0.3, 0.4) is 0 Å². The topological polar surface area (TPSA) is 15.3 Å². The number of rotatable bonds is 4. The molecule has 0 saturated carbocycles. The molecule has 1 fully saturated rings. The normalized spacial score (nSPS) is 24.2. The average Bonchev–Trinajstić information content (AvgIpc) is 2.45. The lowest BCUT2D eigenvalue weighted by molar-refractivity contribution is 0.328. The third-order valence-corrected chi connectivity index (χ3v) is 2.34. The van der Waals surface area contributed by atoms with Crippen LogP contribution in [0.15, 0.2) is 0 Å². The summed E-state index contributed by atoms with van der Waals surface area (Å²) in [6.07, 6.45) is 6.47. The molecule has 68 valence electrons. The van der Waals surface area contributed by atoms with Crippen LogP contribution in [-0.4, -0.2) is 37.6 Å². The summed E-state index contributed by atoms with van der Waals surface area (Å²) in [5.74, 6) is 3.46. The van der Waals surface area contributed by atoms with Crippen molar-refractivity contribution in [3.05, 3.63) is 0 Å². The fourth-order valence-electron chi connectivity index (χ4n) is 1.63. The highest BCUT2D eigenvalue weighted by Crippen LogP contribution is 2.13. The third-order valence-electron chi connectivity index (χ3n) is 2.34. The molecule has 1 saturated heterocycles. The molecule has 2 heteroatoms. The summed E-state index contributed by atoms with van der Waals surface area (Å²) < 4.78 is 0. The molecule has 0 aromatic heterocycles. The molecule has 0 aromatic rings. The number of nitrogens with one attached hydrogen (secondary N) is 1. The first-order chi connectivity index (χ1) is 5.83. The standard InChI is InChI=1S/C10H18N2/c1-3-5-11-6-8-12-7-4-10(2)9-12/h1,10-11H,4-9H2,2H3. The number of nitrogens with zero attached hydrogens (tertiary/aromatic N) is 1. The van der Waals surface area contributed by atoms with Gasteiger partial charge in [0.15, 0.2) is 0 Å². The smallest absolute Gasteiger partial charge is 0.0574 e. The molecule has 0 aliphatic carbocycles. The molecule has 2 nitrogen and oxygen atoms in total. The average molecular weight is 166 g/mol. The number of likely N-dealkylation sites (tertiary alicyclic amines) is 1. The summed E-state index contributed by atoms with van der Waals surface area (Å²) in [7, 11) is 0. The zero-order chi connectivity index (χ0) is 8.81. The van der Waals surface area contributed by atoms with Gasteiger partial charge in [-0.25, -0.2) is 0 Å². The summed E-state index contributed by atoms with van der Waals surface area (Å²) in [6.45, 7) is 7.71. The zero-order valence-corrected chi connectivity index (χ0v) is 7.84. The first-order valence-electron chi connectivity index (χ1n) is 4.69. The Morgan fingerprint density at radius 1 is 1.67 bits per heavy atom. The summed E-state index contributed by atoms with van der Waals surface area (Å²) >= 11 is 0. The van der Waals surface area contributed by atoms with Crippen LogP contribution in [-0.2, 0) is 0 Å².